The molecule has 0 spiro atoms. The van der Waals surface area contributed by atoms with Gasteiger partial charge in [0.2, 0.25) is 5.28 Å². The van der Waals surface area contributed by atoms with Crippen LogP contribution in [0.25, 0.3) is 11.2 Å². The third-order valence-corrected chi connectivity index (χ3v) is 5.48. The Bertz CT molecular complexity index is 955. The maximum atomic E-state index is 12.8. The summed E-state index contributed by atoms with van der Waals surface area (Å²) < 4.78 is 3.42. The molecular weight excluding hydrogens is 336 g/mol. The number of hydrogen-bond acceptors (Lipinski definition) is 3. The van der Waals surface area contributed by atoms with E-state index in [0.29, 0.717) is 23.6 Å². The molecule has 4 rings (SSSR count). The molecule has 0 bridgehead atoms. The molecule has 1 saturated carbocycles. The molecule has 1 aromatic carbocycles. The number of halogens is 1. The first-order valence-electron chi connectivity index (χ1n) is 8.79. The highest BCUT2D eigenvalue weighted by molar-refractivity contribution is 6.28. The van der Waals surface area contributed by atoms with Crippen molar-refractivity contribution in [3.8, 4) is 0 Å². The van der Waals surface area contributed by atoms with Gasteiger partial charge in [0.05, 0.1) is 0 Å². The summed E-state index contributed by atoms with van der Waals surface area (Å²) in [5, 5.41) is 0.175. The van der Waals surface area contributed by atoms with Gasteiger partial charge in [0.15, 0.2) is 11.2 Å². The second-order valence-electron chi connectivity index (χ2n) is 6.87. The Kier molecular flexibility index (Phi) is 4.34. The lowest BCUT2D eigenvalue weighted by Gasteiger charge is -2.12. The van der Waals surface area contributed by atoms with Gasteiger partial charge in [-0.05, 0) is 23.1 Å². The minimum atomic E-state index is -0.142. The van der Waals surface area contributed by atoms with Gasteiger partial charge in [-0.15, -0.1) is 0 Å². The molecule has 3 aromatic rings. The summed E-state index contributed by atoms with van der Waals surface area (Å²) >= 11 is 6.09. The molecule has 1 fully saturated rings. The summed E-state index contributed by atoms with van der Waals surface area (Å²) in [6, 6.07) is 10.2. The van der Waals surface area contributed by atoms with E-state index in [0.717, 1.165) is 17.8 Å². The Balaban J connectivity index is 1.85. The van der Waals surface area contributed by atoms with E-state index in [2.05, 4.69) is 22.1 Å². The SMILES string of the molecule is Cn1c(Cl)nc2nc(CC3CCCC3)n(Cc3ccccc3)c2c1=O. The molecule has 1 aliphatic rings. The van der Waals surface area contributed by atoms with Gasteiger partial charge in [0.25, 0.3) is 5.56 Å². The third kappa shape index (κ3) is 3.09. The van der Waals surface area contributed by atoms with Gasteiger partial charge >= 0.3 is 0 Å². The first-order valence-corrected chi connectivity index (χ1v) is 9.17. The van der Waals surface area contributed by atoms with E-state index >= 15 is 0 Å². The van der Waals surface area contributed by atoms with Crippen LogP contribution >= 0.6 is 11.6 Å². The second kappa shape index (κ2) is 6.64. The summed E-state index contributed by atoms with van der Waals surface area (Å²) in [6.45, 7) is 0.623. The first kappa shape index (κ1) is 16.3. The summed E-state index contributed by atoms with van der Waals surface area (Å²) in [5.74, 6) is 1.59. The van der Waals surface area contributed by atoms with Crippen molar-refractivity contribution in [3.63, 3.8) is 0 Å². The molecule has 1 aliphatic carbocycles. The van der Waals surface area contributed by atoms with Crippen LogP contribution in [0.4, 0.5) is 0 Å². The predicted octanol–water partition coefficient (Wildman–Crippen LogP) is 3.56. The van der Waals surface area contributed by atoms with Gasteiger partial charge in [-0.25, -0.2) is 4.98 Å². The zero-order valence-corrected chi connectivity index (χ0v) is 15.0. The molecule has 0 aliphatic heterocycles. The van der Waals surface area contributed by atoms with Gasteiger partial charge in [0.1, 0.15) is 5.82 Å². The lowest BCUT2D eigenvalue weighted by molar-refractivity contribution is 0.517. The van der Waals surface area contributed by atoms with Gasteiger partial charge in [-0.2, -0.15) is 4.98 Å². The fourth-order valence-electron chi connectivity index (χ4n) is 3.74. The maximum Gasteiger partial charge on any atom is 0.280 e. The number of nitrogens with zero attached hydrogens (tertiary/aromatic N) is 4. The lowest BCUT2D eigenvalue weighted by Crippen LogP contribution is -2.22. The number of imidazole rings is 1. The highest BCUT2D eigenvalue weighted by Crippen LogP contribution is 2.29. The Morgan fingerprint density at radius 1 is 1.16 bits per heavy atom. The van der Waals surface area contributed by atoms with Crippen molar-refractivity contribution in [1.29, 1.82) is 0 Å². The number of benzene rings is 1. The van der Waals surface area contributed by atoms with Crippen molar-refractivity contribution >= 4 is 22.8 Å². The molecule has 0 atom stereocenters. The molecule has 0 N–H and O–H groups in total. The molecule has 2 heterocycles. The minimum absolute atomic E-state index is 0.142. The number of fused-ring (bicyclic) bond motifs is 1. The average Bonchev–Trinajstić information content (AvgIpc) is 3.23. The van der Waals surface area contributed by atoms with E-state index in [1.54, 1.807) is 7.05 Å². The van der Waals surface area contributed by atoms with Crippen molar-refractivity contribution in [3.05, 3.63) is 57.4 Å². The van der Waals surface area contributed by atoms with Gasteiger partial charge in [-0.3, -0.25) is 9.36 Å². The van der Waals surface area contributed by atoms with Crippen LogP contribution in [0.3, 0.4) is 0 Å². The Morgan fingerprint density at radius 2 is 1.88 bits per heavy atom. The van der Waals surface area contributed by atoms with E-state index in [1.165, 1.54) is 30.3 Å². The van der Waals surface area contributed by atoms with Crippen molar-refractivity contribution in [2.45, 2.75) is 38.6 Å². The lowest BCUT2D eigenvalue weighted by atomic mass is 10.0. The molecule has 5 nitrogen and oxygen atoms in total. The predicted molar refractivity (Wildman–Crippen MR) is 99.0 cm³/mol. The fraction of sp³-hybridized carbons (Fsp3) is 0.421. The molecule has 0 unspecified atom stereocenters. The van der Waals surface area contributed by atoms with Crippen LogP contribution in [0.2, 0.25) is 5.28 Å². The number of hydrogen-bond donors (Lipinski definition) is 0. The van der Waals surface area contributed by atoms with Crippen LogP contribution in [0.1, 0.15) is 37.1 Å². The molecule has 25 heavy (non-hydrogen) atoms. The van der Waals surface area contributed by atoms with Crippen LogP contribution < -0.4 is 5.56 Å². The van der Waals surface area contributed by atoms with Gasteiger partial charge in [-0.1, -0.05) is 56.0 Å². The van der Waals surface area contributed by atoms with E-state index in [9.17, 15) is 4.79 Å². The van der Waals surface area contributed by atoms with Crippen LogP contribution in [0.15, 0.2) is 35.1 Å². The summed E-state index contributed by atoms with van der Waals surface area (Å²) in [5.41, 5.74) is 2.00. The normalized spacial score (nSPS) is 15.3. The molecule has 0 radical (unpaired) electrons. The van der Waals surface area contributed by atoms with Crippen LogP contribution in [-0.4, -0.2) is 19.1 Å². The van der Waals surface area contributed by atoms with Gasteiger partial charge in [0, 0.05) is 20.0 Å². The molecule has 2 aromatic heterocycles. The van der Waals surface area contributed by atoms with E-state index in [1.807, 2.05) is 22.8 Å². The smallest absolute Gasteiger partial charge is 0.280 e. The minimum Gasteiger partial charge on any atom is -0.318 e. The third-order valence-electron chi connectivity index (χ3n) is 5.14. The number of aromatic nitrogens is 4. The Morgan fingerprint density at radius 3 is 2.60 bits per heavy atom. The molecule has 6 heteroatoms. The van der Waals surface area contributed by atoms with E-state index < -0.39 is 0 Å². The van der Waals surface area contributed by atoms with Crippen LogP contribution in [0, 0.1) is 5.92 Å². The monoisotopic (exact) mass is 356 g/mol. The molecule has 130 valence electrons. The van der Waals surface area contributed by atoms with Crippen molar-refractivity contribution in [2.75, 3.05) is 0 Å². The summed E-state index contributed by atoms with van der Waals surface area (Å²) in [7, 11) is 1.65. The van der Waals surface area contributed by atoms with Crippen LogP contribution in [-0.2, 0) is 20.0 Å². The maximum absolute atomic E-state index is 12.8. The molecule has 0 amide bonds. The first-order chi connectivity index (χ1) is 12.1. The largest absolute Gasteiger partial charge is 0.318 e. The highest BCUT2D eigenvalue weighted by atomic mass is 35.5. The molecule has 0 saturated heterocycles. The quantitative estimate of drug-likeness (QED) is 0.671. The van der Waals surface area contributed by atoms with Crippen molar-refractivity contribution in [1.82, 2.24) is 19.1 Å². The average molecular weight is 357 g/mol. The highest BCUT2D eigenvalue weighted by Gasteiger charge is 2.22. The Labute approximate surface area is 151 Å². The molecular formula is C19H21ClN4O. The number of rotatable bonds is 4. The zero-order valence-electron chi connectivity index (χ0n) is 14.3. The standard InChI is InChI=1S/C19H21ClN4O/c1-23-18(25)16-17(22-19(23)20)21-15(11-13-7-5-6-8-13)24(16)12-14-9-3-2-4-10-14/h2-4,9-10,13H,5-8,11-12H2,1H3. The zero-order chi connectivity index (χ0) is 17.4. The van der Waals surface area contributed by atoms with Crippen molar-refractivity contribution < 1.29 is 0 Å². The van der Waals surface area contributed by atoms with Crippen LogP contribution in [0.5, 0.6) is 0 Å². The summed E-state index contributed by atoms with van der Waals surface area (Å²) in [4.78, 5) is 21.8. The fourth-order valence-corrected chi connectivity index (χ4v) is 3.90. The van der Waals surface area contributed by atoms with Gasteiger partial charge < -0.3 is 4.57 Å². The van der Waals surface area contributed by atoms with E-state index in [-0.39, 0.29) is 10.8 Å². The van der Waals surface area contributed by atoms with Crippen molar-refractivity contribution in [2.24, 2.45) is 13.0 Å². The second-order valence-corrected chi connectivity index (χ2v) is 7.21. The summed E-state index contributed by atoms with van der Waals surface area (Å²) in [6.07, 6.45) is 5.94. The Hall–Kier alpha value is -2.14. The van der Waals surface area contributed by atoms with E-state index in [4.69, 9.17) is 11.6 Å². The topological polar surface area (TPSA) is 52.7 Å².